The lowest BCUT2D eigenvalue weighted by atomic mass is 9.92. The summed E-state index contributed by atoms with van der Waals surface area (Å²) in [4.78, 5) is 41.4. The van der Waals surface area contributed by atoms with Crippen molar-refractivity contribution in [3.05, 3.63) is 75.9 Å². The average Bonchev–Trinajstić information content (AvgIpc) is 3.64. The zero-order chi connectivity index (χ0) is 24.7. The summed E-state index contributed by atoms with van der Waals surface area (Å²) in [6.45, 7) is 3.04. The highest BCUT2D eigenvalue weighted by atomic mass is 32.1. The van der Waals surface area contributed by atoms with Crippen molar-refractivity contribution in [2.45, 2.75) is 31.8 Å². The third-order valence-corrected chi connectivity index (χ3v) is 7.27. The predicted molar refractivity (Wildman–Crippen MR) is 129 cm³/mol. The van der Waals surface area contributed by atoms with Crippen LogP contribution in [0.4, 0.5) is 4.79 Å². The molecule has 0 spiro atoms. The van der Waals surface area contributed by atoms with Gasteiger partial charge in [0.2, 0.25) is 0 Å². The van der Waals surface area contributed by atoms with Gasteiger partial charge in [-0.25, -0.2) is 9.80 Å². The second kappa shape index (κ2) is 8.70. The van der Waals surface area contributed by atoms with Crippen LogP contribution < -0.4 is 10.1 Å². The quantitative estimate of drug-likeness (QED) is 0.527. The molecule has 1 fully saturated rings. The van der Waals surface area contributed by atoms with Gasteiger partial charge in [-0.05, 0) is 55.1 Å². The molecule has 2 aliphatic heterocycles. The normalized spacial score (nSPS) is 21.9. The number of nitrogens with zero attached hydrogens (tertiary/aromatic N) is 3. The van der Waals surface area contributed by atoms with Crippen LogP contribution in [0.25, 0.3) is 0 Å². The maximum atomic E-state index is 13.4. The maximum Gasteiger partial charge on any atom is 0.325 e. The molecule has 5 rings (SSSR count). The Bertz CT molecular complexity index is 1310. The Balaban J connectivity index is 1.39. The number of imide groups is 1. The Kier molecular flexibility index (Phi) is 5.68. The number of methoxy groups -OCH3 is 1. The number of carbonyl (C=O) groups is 3. The molecular formula is C25H24N4O5S. The van der Waals surface area contributed by atoms with Gasteiger partial charge in [0.05, 0.1) is 13.2 Å². The van der Waals surface area contributed by atoms with Crippen LogP contribution in [-0.4, -0.2) is 47.1 Å². The third kappa shape index (κ3) is 3.99. The summed E-state index contributed by atoms with van der Waals surface area (Å²) in [6, 6.07) is 13.4. The van der Waals surface area contributed by atoms with E-state index < -0.39 is 29.9 Å². The zero-order valence-corrected chi connectivity index (χ0v) is 20.3. The minimum atomic E-state index is -1.29. The molecule has 0 radical (unpaired) electrons. The van der Waals surface area contributed by atoms with Gasteiger partial charge in [0.1, 0.15) is 35.1 Å². The number of furan rings is 1. The van der Waals surface area contributed by atoms with E-state index in [0.717, 1.165) is 15.5 Å². The number of urea groups is 1. The van der Waals surface area contributed by atoms with Crippen LogP contribution in [0.1, 0.15) is 41.3 Å². The van der Waals surface area contributed by atoms with Crippen molar-refractivity contribution in [1.29, 1.82) is 0 Å². The van der Waals surface area contributed by atoms with E-state index in [2.05, 4.69) is 10.4 Å². The Hall–Kier alpha value is -3.92. The van der Waals surface area contributed by atoms with Gasteiger partial charge in [0, 0.05) is 11.3 Å². The molecule has 9 nitrogen and oxygen atoms in total. The first-order valence-corrected chi connectivity index (χ1v) is 12.0. The number of hydrazone groups is 1. The number of nitrogens with one attached hydrogen (secondary N) is 1. The molecule has 180 valence electrons. The Labute approximate surface area is 206 Å². The number of rotatable bonds is 6. The van der Waals surface area contributed by atoms with Gasteiger partial charge in [0.25, 0.3) is 11.8 Å². The fraction of sp³-hybridized carbons (Fsp3) is 0.280. The van der Waals surface area contributed by atoms with Gasteiger partial charge in [-0.15, -0.1) is 11.3 Å². The van der Waals surface area contributed by atoms with Crippen LogP contribution in [-0.2, 0) is 15.1 Å². The lowest BCUT2D eigenvalue weighted by molar-refractivity contribution is -0.139. The lowest BCUT2D eigenvalue weighted by Gasteiger charge is -2.24. The molecule has 1 aromatic carbocycles. The van der Waals surface area contributed by atoms with Crippen molar-refractivity contribution in [3.63, 3.8) is 0 Å². The molecule has 2 aromatic heterocycles. The van der Waals surface area contributed by atoms with Crippen molar-refractivity contribution in [2.24, 2.45) is 5.10 Å². The van der Waals surface area contributed by atoms with E-state index in [1.165, 1.54) is 16.3 Å². The van der Waals surface area contributed by atoms with E-state index in [-0.39, 0.29) is 6.04 Å². The van der Waals surface area contributed by atoms with Crippen molar-refractivity contribution >= 4 is 34.9 Å². The van der Waals surface area contributed by atoms with Crippen molar-refractivity contribution < 1.29 is 23.5 Å². The van der Waals surface area contributed by atoms with Gasteiger partial charge in [-0.3, -0.25) is 14.5 Å². The lowest BCUT2D eigenvalue weighted by Crippen LogP contribution is -2.43. The summed E-state index contributed by atoms with van der Waals surface area (Å²) >= 11 is 1.52. The Morgan fingerprint density at radius 2 is 2.00 bits per heavy atom. The molecule has 0 unspecified atom stereocenters. The van der Waals surface area contributed by atoms with Crippen LogP contribution in [0.2, 0.25) is 0 Å². The molecule has 1 saturated heterocycles. The monoisotopic (exact) mass is 492 g/mol. The molecule has 4 heterocycles. The Morgan fingerprint density at radius 1 is 1.23 bits per heavy atom. The van der Waals surface area contributed by atoms with Crippen LogP contribution in [0.3, 0.4) is 0 Å². The Morgan fingerprint density at radius 3 is 2.63 bits per heavy atom. The molecule has 0 aliphatic carbocycles. The highest BCUT2D eigenvalue weighted by Crippen LogP contribution is 2.36. The summed E-state index contributed by atoms with van der Waals surface area (Å²) in [5.74, 6) is 1.02. The molecule has 10 heteroatoms. The smallest absolute Gasteiger partial charge is 0.325 e. The van der Waals surface area contributed by atoms with E-state index >= 15 is 0 Å². The van der Waals surface area contributed by atoms with E-state index in [1.807, 2.05) is 36.6 Å². The van der Waals surface area contributed by atoms with E-state index in [4.69, 9.17) is 9.15 Å². The van der Waals surface area contributed by atoms with Crippen molar-refractivity contribution in [1.82, 2.24) is 15.2 Å². The number of aryl methyl sites for hydroxylation is 1. The molecule has 1 N–H and O–H groups in total. The number of hydrogen-bond donors (Lipinski definition) is 1. The number of benzene rings is 1. The zero-order valence-electron chi connectivity index (χ0n) is 19.5. The van der Waals surface area contributed by atoms with E-state index in [0.29, 0.717) is 29.2 Å². The summed E-state index contributed by atoms with van der Waals surface area (Å²) in [5.41, 5.74) is -0.0510. The third-order valence-electron chi connectivity index (χ3n) is 6.30. The van der Waals surface area contributed by atoms with Crippen LogP contribution in [0.5, 0.6) is 5.75 Å². The molecule has 3 aromatic rings. The average molecular weight is 493 g/mol. The fourth-order valence-electron chi connectivity index (χ4n) is 4.35. The molecule has 0 bridgehead atoms. The molecular weight excluding hydrogens is 468 g/mol. The SMILES string of the molecule is COc1ccc([C@@]2(C)NC(=O)N(CC(=O)N3N=C(c4ccc(C)o4)C[C@@H]3c3cccs3)C2=O)cc1. The predicted octanol–water partition coefficient (Wildman–Crippen LogP) is 3.80. The molecule has 0 saturated carbocycles. The van der Waals surface area contributed by atoms with Gasteiger partial charge >= 0.3 is 6.03 Å². The van der Waals surface area contributed by atoms with Gasteiger partial charge in [-0.2, -0.15) is 5.10 Å². The molecule has 2 aliphatic rings. The van der Waals surface area contributed by atoms with Crippen molar-refractivity contribution in [3.8, 4) is 5.75 Å². The van der Waals surface area contributed by atoms with E-state index in [9.17, 15) is 14.4 Å². The summed E-state index contributed by atoms with van der Waals surface area (Å²) in [5, 5.41) is 10.6. The van der Waals surface area contributed by atoms with Crippen LogP contribution >= 0.6 is 11.3 Å². The maximum absolute atomic E-state index is 13.4. The number of amides is 4. The summed E-state index contributed by atoms with van der Waals surface area (Å²) < 4.78 is 10.9. The topological polar surface area (TPSA) is 104 Å². The first-order valence-electron chi connectivity index (χ1n) is 11.1. The highest BCUT2D eigenvalue weighted by Gasteiger charge is 2.50. The van der Waals surface area contributed by atoms with Gasteiger partial charge in [-0.1, -0.05) is 18.2 Å². The molecule has 4 amide bonds. The van der Waals surface area contributed by atoms with E-state index in [1.54, 1.807) is 38.3 Å². The minimum Gasteiger partial charge on any atom is -0.497 e. The minimum absolute atomic E-state index is 0.336. The molecule has 35 heavy (non-hydrogen) atoms. The largest absolute Gasteiger partial charge is 0.497 e. The number of hydrogen-bond acceptors (Lipinski definition) is 7. The second-order valence-electron chi connectivity index (χ2n) is 8.61. The van der Waals surface area contributed by atoms with Crippen LogP contribution in [0.15, 0.2) is 63.4 Å². The first-order chi connectivity index (χ1) is 16.8. The number of ether oxygens (including phenoxy) is 1. The van der Waals surface area contributed by atoms with Crippen LogP contribution in [0, 0.1) is 6.92 Å². The van der Waals surface area contributed by atoms with Gasteiger partial charge < -0.3 is 14.5 Å². The standard InChI is InChI=1S/C25H24N4O5S/c1-15-6-11-20(34-15)18-13-19(21-5-4-12-35-21)29(27-18)22(30)14-28-23(31)25(2,26-24(28)32)16-7-9-17(33-3)10-8-16/h4-12,19H,13-14H2,1-3H3,(H,26,32)/t19-,25-/m1/s1. The van der Waals surface area contributed by atoms with Crippen molar-refractivity contribution in [2.75, 3.05) is 13.7 Å². The first kappa shape index (κ1) is 22.9. The highest BCUT2D eigenvalue weighted by molar-refractivity contribution is 7.10. The number of carbonyl (C=O) groups excluding carboxylic acids is 3. The second-order valence-corrected chi connectivity index (χ2v) is 9.58. The molecule has 2 atom stereocenters. The summed E-state index contributed by atoms with van der Waals surface area (Å²) in [7, 11) is 1.55. The summed E-state index contributed by atoms with van der Waals surface area (Å²) in [6.07, 6.45) is 0.475. The van der Waals surface area contributed by atoms with Gasteiger partial charge in [0.15, 0.2) is 0 Å². The fourth-order valence-corrected chi connectivity index (χ4v) is 5.16. The number of thiophene rings is 1.